The number of carbonyl (C=O) groups is 2. The molecule has 0 radical (unpaired) electrons. The van der Waals surface area contributed by atoms with Gasteiger partial charge in [-0.15, -0.1) is 0 Å². The fourth-order valence-electron chi connectivity index (χ4n) is 3.56. The molecule has 1 aliphatic carbocycles. The molecule has 0 aromatic heterocycles. The van der Waals surface area contributed by atoms with Crippen molar-refractivity contribution in [2.45, 2.75) is 51.0 Å². The average molecular weight is 300 g/mol. The quantitative estimate of drug-likeness (QED) is 0.869. The highest BCUT2D eigenvalue weighted by Gasteiger charge is 2.51. The van der Waals surface area contributed by atoms with E-state index in [4.69, 9.17) is 0 Å². The Balaban J connectivity index is 1.58. The second-order valence-corrected chi connectivity index (χ2v) is 6.74. The Kier molecular flexibility index (Phi) is 4.19. The third-order valence-corrected chi connectivity index (χ3v) is 5.06. The molecule has 22 heavy (non-hydrogen) atoms. The first-order valence-electron chi connectivity index (χ1n) is 8.29. The predicted octanol–water partition coefficient (Wildman–Crippen LogP) is 3.12. The van der Waals surface area contributed by atoms with E-state index in [0.717, 1.165) is 38.5 Å². The van der Waals surface area contributed by atoms with Gasteiger partial charge in [0.2, 0.25) is 0 Å². The molecule has 1 aliphatic heterocycles. The molecule has 3 amide bonds. The van der Waals surface area contributed by atoms with Crippen molar-refractivity contribution in [1.29, 1.82) is 0 Å². The summed E-state index contributed by atoms with van der Waals surface area (Å²) in [7, 11) is 0. The van der Waals surface area contributed by atoms with E-state index in [1.807, 2.05) is 18.2 Å². The van der Waals surface area contributed by atoms with Crippen LogP contribution in [0.25, 0.3) is 0 Å². The van der Waals surface area contributed by atoms with E-state index in [-0.39, 0.29) is 11.9 Å². The Morgan fingerprint density at radius 2 is 1.86 bits per heavy atom. The van der Waals surface area contributed by atoms with Crippen LogP contribution in [0.3, 0.4) is 0 Å². The third-order valence-electron chi connectivity index (χ3n) is 5.06. The number of rotatable bonds is 4. The van der Waals surface area contributed by atoms with Gasteiger partial charge in [0.15, 0.2) is 0 Å². The lowest BCUT2D eigenvalue weighted by Crippen LogP contribution is -2.49. The number of benzene rings is 1. The Bertz CT molecular complexity index is 547. The molecular formula is C18H24N2O2. The standard InChI is InChI=1S/C18H24N2O2/c1-14-9-11-18(12-10-14)16(21)20(17(22)19-18)13-5-8-15-6-3-2-4-7-15/h2-4,6-7,14H,5,8-13H2,1H3,(H,19,22). The van der Waals surface area contributed by atoms with Crippen LogP contribution in [0.4, 0.5) is 4.79 Å². The average Bonchev–Trinajstić information content (AvgIpc) is 2.76. The minimum Gasteiger partial charge on any atom is -0.323 e. The van der Waals surface area contributed by atoms with Crippen molar-refractivity contribution >= 4 is 11.9 Å². The second kappa shape index (κ2) is 6.11. The summed E-state index contributed by atoms with van der Waals surface area (Å²) in [6.45, 7) is 2.72. The van der Waals surface area contributed by atoms with Gasteiger partial charge in [-0.2, -0.15) is 0 Å². The maximum Gasteiger partial charge on any atom is 0.325 e. The molecule has 1 heterocycles. The first-order valence-corrected chi connectivity index (χ1v) is 8.29. The van der Waals surface area contributed by atoms with Crippen LogP contribution < -0.4 is 5.32 Å². The largest absolute Gasteiger partial charge is 0.325 e. The highest BCUT2D eigenvalue weighted by molar-refractivity contribution is 6.07. The van der Waals surface area contributed by atoms with Gasteiger partial charge in [-0.05, 0) is 50.0 Å². The molecule has 1 saturated carbocycles. The molecule has 4 heteroatoms. The monoisotopic (exact) mass is 300 g/mol. The van der Waals surface area contributed by atoms with Crippen LogP contribution in [0.2, 0.25) is 0 Å². The Hall–Kier alpha value is -1.84. The smallest absolute Gasteiger partial charge is 0.323 e. The van der Waals surface area contributed by atoms with Crippen LogP contribution in [0, 0.1) is 5.92 Å². The molecule has 3 rings (SSSR count). The van der Waals surface area contributed by atoms with Crippen molar-refractivity contribution in [3.8, 4) is 0 Å². The van der Waals surface area contributed by atoms with Gasteiger partial charge in [-0.3, -0.25) is 9.69 Å². The molecule has 0 atom stereocenters. The van der Waals surface area contributed by atoms with Gasteiger partial charge in [-0.25, -0.2) is 4.79 Å². The summed E-state index contributed by atoms with van der Waals surface area (Å²) in [6.07, 6.45) is 5.31. The van der Waals surface area contributed by atoms with Gasteiger partial charge in [-0.1, -0.05) is 37.3 Å². The molecule has 0 unspecified atom stereocenters. The lowest BCUT2D eigenvalue weighted by Gasteiger charge is -2.33. The van der Waals surface area contributed by atoms with Crippen molar-refractivity contribution in [3.63, 3.8) is 0 Å². The van der Waals surface area contributed by atoms with Gasteiger partial charge in [0.25, 0.3) is 5.91 Å². The normalized spacial score (nSPS) is 28.2. The van der Waals surface area contributed by atoms with Gasteiger partial charge in [0.05, 0.1) is 0 Å². The summed E-state index contributed by atoms with van der Waals surface area (Å²) in [6, 6.07) is 9.98. The van der Waals surface area contributed by atoms with Crippen molar-refractivity contribution in [3.05, 3.63) is 35.9 Å². The van der Waals surface area contributed by atoms with Gasteiger partial charge >= 0.3 is 6.03 Å². The number of imide groups is 1. The Morgan fingerprint density at radius 3 is 2.55 bits per heavy atom. The summed E-state index contributed by atoms with van der Waals surface area (Å²) in [4.78, 5) is 26.3. The summed E-state index contributed by atoms with van der Waals surface area (Å²) in [5, 5.41) is 2.98. The van der Waals surface area contributed by atoms with E-state index < -0.39 is 5.54 Å². The van der Waals surface area contributed by atoms with Gasteiger partial charge in [0, 0.05) is 6.54 Å². The van der Waals surface area contributed by atoms with Crippen LogP contribution in [-0.4, -0.2) is 28.9 Å². The summed E-state index contributed by atoms with van der Waals surface area (Å²) < 4.78 is 0. The van der Waals surface area contributed by atoms with Crippen LogP contribution in [0.15, 0.2) is 30.3 Å². The highest BCUT2D eigenvalue weighted by Crippen LogP contribution is 2.36. The molecule has 0 bridgehead atoms. The predicted molar refractivity (Wildman–Crippen MR) is 85.4 cm³/mol. The number of aryl methyl sites for hydroxylation is 1. The van der Waals surface area contributed by atoms with Gasteiger partial charge in [0.1, 0.15) is 5.54 Å². The SMILES string of the molecule is CC1CCC2(CC1)NC(=O)N(CCCc1ccccc1)C2=O. The molecule has 1 saturated heterocycles. The molecule has 1 N–H and O–H groups in total. The molecule has 2 aliphatic rings. The van der Waals surface area contributed by atoms with Crippen LogP contribution in [0.5, 0.6) is 0 Å². The first-order chi connectivity index (χ1) is 10.6. The number of hydrogen-bond acceptors (Lipinski definition) is 2. The van der Waals surface area contributed by atoms with Crippen LogP contribution in [-0.2, 0) is 11.2 Å². The minimum absolute atomic E-state index is 0.00235. The Labute approximate surface area is 131 Å². The number of carbonyl (C=O) groups excluding carboxylic acids is 2. The lowest BCUT2D eigenvalue weighted by atomic mass is 9.77. The second-order valence-electron chi connectivity index (χ2n) is 6.74. The fraction of sp³-hybridized carbons (Fsp3) is 0.556. The number of hydrogen-bond donors (Lipinski definition) is 1. The zero-order valence-corrected chi connectivity index (χ0v) is 13.2. The topological polar surface area (TPSA) is 49.4 Å². The van der Waals surface area contributed by atoms with Crippen LogP contribution >= 0.6 is 0 Å². The van der Waals surface area contributed by atoms with E-state index in [1.165, 1.54) is 10.5 Å². The van der Waals surface area contributed by atoms with E-state index in [0.29, 0.717) is 12.5 Å². The zero-order chi connectivity index (χ0) is 15.6. The molecule has 1 aromatic rings. The molecule has 1 spiro atoms. The highest BCUT2D eigenvalue weighted by atomic mass is 16.2. The van der Waals surface area contributed by atoms with Crippen LogP contribution in [0.1, 0.15) is 44.6 Å². The lowest BCUT2D eigenvalue weighted by molar-refractivity contribution is -0.132. The van der Waals surface area contributed by atoms with E-state index in [2.05, 4.69) is 24.4 Å². The maximum absolute atomic E-state index is 12.7. The number of nitrogens with one attached hydrogen (secondary N) is 1. The van der Waals surface area contributed by atoms with Crippen molar-refractivity contribution in [1.82, 2.24) is 10.2 Å². The minimum atomic E-state index is -0.601. The van der Waals surface area contributed by atoms with E-state index >= 15 is 0 Å². The Morgan fingerprint density at radius 1 is 1.18 bits per heavy atom. The summed E-state index contributed by atoms with van der Waals surface area (Å²) in [5.41, 5.74) is 0.645. The molecule has 118 valence electrons. The van der Waals surface area contributed by atoms with Crippen molar-refractivity contribution < 1.29 is 9.59 Å². The van der Waals surface area contributed by atoms with E-state index in [9.17, 15) is 9.59 Å². The van der Waals surface area contributed by atoms with Gasteiger partial charge < -0.3 is 5.32 Å². The fourth-order valence-corrected chi connectivity index (χ4v) is 3.56. The molecule has 1 aromatic carbocycles. The number of urea groups is 1. The number of amides is 3. The molecule has 2 fully saturated rings. The number of nitrogens with zero attached hydrogens (tertiary/aromatic N) is 1. The maximum atomic E-state index is 12.7. The first kappa shape index (κ1) is 15.1. The molecule has 4 nitrogen and oxygen atoms in total. The summed E-state index contributed by atoms with van der Waals surface area (Å²) in [5.74, 6) is 0.653. The third kappa shape index (κ3) is 2.87. The summed E-state index contributed by atoms with van der Waals surface area (Å²) >= 11 is 0. The molecular weight excluding hydrogens is 276 g/mol. The van der Waals surface area contributed by atoms with Crippen molar-refractivity contribution in [2.24, 2.45) is 5.92 Å². The zero-order valence-electron chi connectivity index (χ0n) is 13.2. The van der Waals surface area contributed by atoms with E-state index in [1.54, 1.807) is 0 Å². The van der Waals surface area contributed by atoms with Crippen molar-refractivity contribution in [2.75, 3.05) is 6.54 Å².